The first kappa shape index (κ1) is 18.6. The fourth-order valence-electron chi connectivity index (χ4n) is 2.65. The standard InChI is InChI=1S/C21H32O/c1-8-10-17(11-9-2)18-12-13-20(22-15-16(3)4)19(14-18)21(5,6)7/h1,12-14,16-17H,9-11,15H2,2-7H3. The van der Waals surface area contributed by atoms with Crippen LogP contribution in [0, 0.1) is 18.3 Å². The van der Waals surface area contributed by atoms with Crippen LogP contribution in [0.4, 0.5) is 0 Å². The molecule has 1 heteroatoms. The van der Waals surface area contributed by atoms with Crippen LogP contribution in [0.2, 0.25) is 0 Å². The van der Waals surface area contributed by atoms with Crippen molar-refractivity contribution >= 4 is 0 Å². The van der Waals surface area contributed by atoms with E-state index in [0.717, 1.165) is 31.6 Å². The second-order valence-electron chi connectivity index (χ2n) is 7.60. The maximum Gasteiger partial charge on any atom is 0.123 e. The van der Waals surface area contributed by atoms with Gasteiger partial charge in [0.25, 0.3) is 0 Å². The average Bonchev–Trinajstić information content (AvgIpc) is 2.43. The van der Waals surface area contributed by atoms with Crippen molar-refractivity contribution < 1.29 is 4.74 Å². The molecule has 0 amide bonds. The van der Waals surface area contributed by atoms with Crippen LogP contribution in [-0.4, -0.2) is 6.61 Å². The molecule has 22 heavy (non-hydrogen) atoms. The average molecular weight is 300 g/mol. The first-order valence-electron chi connectivity index (χ1n) is 8.50. The first-order valence-corrected chi connectivity index (χ1v) is 8.50. The third-order valence-corrected chi connectivity index (χ3v) is 3.86. The highest BCUT2D eigenvalue weighted by atomic mass is 16.5. The third kappa shape index (κ3) is 5.41. The Morgan fingerprint density at radius 3 is 2.41 bits per heavy atom. The van der Waals surface area contributed by atoms with Gasteiger partial charge in [-0.1, -0.05) is 60.1 Å². The molecule has 1 aromatic carbocycles. The van der Waals surface area contributed by atoms with Crippen molar-refractivity contribution in [1.82, 2.24) is 0 Å². The van der Waals surface area contributed by atoms with Crippen LogP contribution in [-0.2, 0) is 5.41 Å². The molecular weight excluding hydrogens is 268 g/mol. The molecule has 0 spiro atoms. The van der Waals surface area contributed by atoms with E-state index < -0.39 is 0 Å². The summed E-state index contributed by atoms with van der Waals surface area (Å²) in [6.45, 7) is 14.0. The fourth-order valence-corrected chi connectivity index (χ4v) is 2.65. The highest BCUT2D eigenvalue weighted by molar-refractivity contribution is 5.43. The van der Waals surface area contributed by atoms with Crippen LogP contribution in [0.15, 0.2) is 18.2 Å². The molecule has 0 bridgehead atoms. The van der Waals surface area contributed by atoms with Crippen molar-refractivity contribution in [1.29, 1.82) is 0 Å². The van der Waals surface area contributed by atoms with Crippen LogP contribution < -0.4 is 4.74 Å². The molecule has 0 N–H and O–H groups in total. The maximum atomic E-state index is 6.04. The van der Waals surface area contributed by atoms with Crippen LogP contribution in [0.1, 0.15) is 77.8 Å². The van der Waals surface area contributed by atoms with Gasteiger partial charge in [0.15, 0.2) is 0 Å². The molecule has 1 rings (SSSR count). The lowest BCUT2D eigenvalue weighted by atomic mass is 9.82. The van der Waals surface area contributed by atoms with Gasteiger partial charge in [-0.2, -0.15) is 0 Å². The van der Waals surface area contributed by atoms with E-state index in [1.165, 1.54) is 11.1 Å². The smallest absolute Gasteiger partial charge is 0.123 e. The Bertz CT molecular complexity index is 500. The van der Waals surface area contributed by atoms with Gasteiger partial charge in [-0.15, -0.1) is 12.3 Å². The highest BCUT2D eigenvalue weighted by Gasteiger charge is 2.21. The Labute approximate surface area is 137 Å². The summed E-state index contributed by atoms with van der Waals surface area (Å²) in [4.78, 5) is 0. The zero-order valence-corrected chi connectivity index (χ0v) is 15.2. The van der Waals surface area contributed by atoms with Gasteiger partial charge in [-0.3, -0.25) is 0 Å². The summed E-state index contributed by atoms with van der Waals surface area (Å²) in [5.41, 5.74) is 2.69. The highest BCUT2D eigenvalue weighted by Crippen LogP contribution is 2.36. The Balaban J connectivity index is 3.16. The molecule has 0 aromatic heterocycles. The van der Waals surface area contributed by atoms with E-state index in [9.17, 15) is 0 Å². The van der Waals surface area contributed by atoms with Gasteiger partial charge in [-0.25, -0.2) is 0 Å². The van der Waals surface area contributed by atoms with Gasteiger partial charge in [0.1, 0.15) is 5.75 Å². The predicted octanol–water partition coefficient (Wildman–Crippen LogP) is 5.93. The zero-order valence-electron chi connectivity index (χ0n) is 15.2. The van der Waals surface area contributed by atoms with E-state index in [1.807, 2.05) is 0 Å². The van der Waals surface area contributed by atoms with Gasteiger partial charge in [0.2, 0.25) is 0 Å². The molecule has 1 unspecified atom stereocenters. The molecular formula is C21H32O. The molecule has 1 atom stereocenters. The molecule has 0 aliphatic rings. The summed E-state index contributed by atoms with van der Waals surface area (Å²) in [5.74, 6) is 4.83. The third-order valence-electron chi connectivity index (χ3n) is 3.86. The molecule has 1 nitrogen and oxygen atoms in total. The van der Waals surface area contributed by atoms with Crippen molar-refractivity contribution in [2.24, 2.45) is 5.92 Å². The normalized spacial score (nSPS) is 13.0. The minimum absolute atomic E-state index is 0.0647. The molecule has 0 aliphatic heterocycles. The minimum Gasteiger partial charge on any atom is -0.493 e. The first-order chi connectivity index (χ1) is 10.3. The molecule has 1 aromatic rings. The predicted molar refractivity (Wildman–Crippen MR) is 96.6 cm³/mol. The van der Waals surface area contributed by atoms with Crippen LogP contribution in [0.3, 0.4) is 0 Å². The number of benzene rings is 1. The monoisotopic (exact) mass is 300 g/mol. The van der Waals surface area contributed by atoms with E-state index in [4.69, 9.17) is 11.2 Å². The van der Waals surface area contributed by atoms with Gasteiger partial charge in [0.05, 0.1) is 6.61 Å². The van der Waals surface area contributed by atoms with E-state index in [-0.39, 0.29) is 5.41 Å². The minimum atomic E-state index is 0.0647. The van der Waals surface area contributed by atoms with Crippen molar-refractivity contribution in [2.45, 2.75) is 72.1 Å². The summed E-state index contributed by atoms with van der Waals surface area (Å²) >= 11 is 0. The lowest BCUT2D eigenvalue weighted by Crippen LogP contribution is -2.16. The van der Waals surface area contributed by atoms with E-state index in [2.05, 4.69) is 65.7 Å². The Morgan fingerprint density at radius 1 is 1.23 bits per heavy atom. The lowest BCUT2D eigenvalue weighted by Gasteiger charge is -2.26. The second-order valence-corrected chi connectivity index (χ2v) is 7.60. The molecule has 0 radical (unpaired) electrons. The molecule has 0 aliphatic carbocycles. The Morgan fingerprint density at radius 2 is 1.91 bits per heavy atom. The van der Waals surface area contributed by atoms with Crippen LogP contribution in [0.5, 0.6) is 5.75 Å². The number of rotatable bonds is 7. The molecule has 0 saturated carbocycles. The number of hydrogen-bond acceptors (Lipinski definition) is 1. The summed E-state index contributed by atoms with van der Waals surface area (Å²) < 4.78 is 6.04. The number of ether oxygens (including phenoxy) is 1. The van der Waals surface area contributed by atoms with E-state index in [0.29, 0.717) is 11.8 Å². The summed E-state index contributed by atoms with van der Waals surface area (Å²) in [7, 11) is 0. The van der Waals surface area contributed by atoms with Gasteiger partial charge in [0, 0.05) is 6.42 Å². The van der Waals surface area contributed by atoms with Crippen LogP contribution >= 0.6 is 0 Å². The molecule has 0 heterocycles. The number of terminal acetylenes is 1. The van der Waals surface area contributed by atoms with Crippen LogP contribution in [0.25, 0.3) is 0 Å². The lowest BCUT2D eigenvalue weighted by molar-refractivity contribution is 0.264. The topological polar surface area (TPSA) is 9.23 Å². The summed E-state index contributed by atoms with van der Waals surface area (Å²) in [5, 5.41) is 0. The number of hydrogen-bond donors (Lipinski definition) is 0. The van der Waals surface area contributed by atoms with Gasteiger partial charge >= 0.3 is 0 Å². The fraction of sp³-hybridized carbons (Fsp3) is 0.619. The van der Waals surface area contributed by atoms with E-state index in [1.54, 1.807) is 0 Å². The zero-order chi connectivity index (χ0) is 16.8. The SMILES string of the molecule is C#CCC(CCC)c1ccc(OCC(C)C)c(C(C)(C)C)c1. The Hall–Kier alpha value is -1.42. The second kappa shape index (κ2) is 8.28. The summed E-state index contributed by atoms with van der Waals surface area (Å²) in [6, 6.07) is 6.65. The molecule has 0 saturated heterocycles. The van der Waals surface area contributed by atoms with Gasteiger partial charge in [-0.05, 0) is 40.9 Å². The van der Waals surface area contributed by atoms with Crippen molar-refractivity contribution in [2.75, 3.05) is 6.61 Å². The maximum absolute atomic E-state index is 6.04. The van der Waals surface area contributed by atoms with Crippen molar-refractivity contribution in [3.8, 4) is 18.1 Å². The quantitative estimate of drug-likeness (QED) is 0.567. The van der Waals surface area contributed by atoms with E-state index >= 15 is 0 Å². The Kier molecular flexibility index (Phi) is 7.01. The largest absolute Gasteiger partial charge is 0.493 e. The summed E-state index contributed by atoms with van der Waals surface area (Å²) in [6.07, 6.45) is 8.66. The van der Waals surface area contributed by atoms with Gasteiger partial charge < -0.3 is 4.74 Å². The van der Waals surface area contributed by atoms with Crippen molar-refractivity contribution in [3.05, 3.63) is 29.3 Å². The molecule has 122 valence electrons. The molecule has 0 fully saturated rings. The van der Waals surface area contributed by atoms with Crippen molar-refractivity contribution in [3.63, 3.8) is 0 Å².